The second-order valence-corrected chi connectivity index (χ2v) is 10.5. The summed E-state index contributed by atoms with van der Waals surface area (Å²) in [5.74, 6) is 0.0385. The SMILES string of the molecule is CC(Oc1ccc(Cl)cc1Cl)C(=O)N(Cc1ccc(Cl)cc1)C1CCS(=O)(=O)C1. The summed E-state index contributed by atoms with van der Waals surface area (Å²) in [5.41, 5.74) is 0.851. The molecule has 1 heterocycles. The lowest BCUT2D eigenvalue weighted by Crippen LogP contribution is -2.46. The first kappa shape index (κ1) is 22.2. The van der Waals surface area contributed by atoms with Gasteiger partial charge in [0.05, 0.1) is 16.5 Å². The number of rotatable bonds is 6. The van der Waals surface area contributed by atoms with Gasteiger partial charge in [-0.2, -0.15) is 0 Å². The summed E-state index contributed by atoms with van der Waals surface area (Å²) in [7, 11) is -3.16. The Kier molecular flexibility index (Phi) is 6.99. The molecule has 3 rings (SSSR count). The Labute approximate surface area is 185 Å². The maximum absolute atomic E-state index is 13.2. The van der Waals surface area contributed by atoms with Crippen molar-refractivity contribution in [1.29, 1.82) is 0 Å². The number of carbonyl (C=O) groups is 1. The molecule has 0 aromatic heterocycles. The first-order chi connectivity index (χ1) is 13.6. The number of nitrogens with zero attached hydrogens (tertiary/aromatic N) is 1. The minimum atomic E-state index is -3.16. The van der Waals surface area contributed by atoms with Crippen molar-refractivity contribution < 1.29 is 17.9 Å². The van der Waals surface area contributed by atoms with Crippen molar-refractivity contribution >= 4 is 50.5 Å². The van der Waals surface area contributed by atoms with Crippen molar-refractivity contribution in [2.24, 2.45) is 0 Å². The molecule has 0 spiro atoms. The van der Waals surface area contributed by atoms with E-state index in [9.17, 15) is 13.2 Å². The first-order valence-corrected chi connectivity index (χ1v) is 12.0. The fraction of sp³-hybridized carbons (Fsp3) is 0.350. The fourth-order valence-corrected chi connectivity index (χ4v) is 5.55. The second kappa shape index (κ2) is 9.13. The van der Waals surface area contributed by atoms with E-state index in [2.05, 4.69) is 0 Å². The highest BCUT2D eigenvalue weighted by Crippen LogP contribution is 2.29. The lowest BCUT2D eigenvalue weighted by Gasteiger charge is -2.31. The van der Waals surface area contributed by atoms with Crippen molar-refractivity contribution in [3.8, 4) is 5.75 Å². The third-order valence-corrected chi connectivity index (χ3v) is 7.28. The van der Waals surface area contributed by atoms with Crippen LogP contribution in [0.1, 0.15) is 18.9 Å². The van der Waals surface area contributed by atoms with Crippen LogP contribution in [-0.2, 0) is 21.2 Å². The van der Waals surface area contributed by atoms with Gasteiger partial charge in [0.15, 0.2) is 15.9 Å². The number of ether oxygens (including phenoxy) is 1. The van der Waals surface area contributed by atoms with E-state index in [-0.39, 0.29) is 24.0 Å². The highest BCUT2D eigenvalue weighted by atomic mass is 35.5. The van der Waals surface area contributed by atoms with Gasteiger partial charge >= 0.3 is 0 Å². The van der Waals surface area contributed by atoms with E-state index in [1.54, 1.807) is 36.1 Å². The van der Waals surface area contributed by atoms with E-state index in [1.165, 1.54) is 6.07 Å². The van der Waals surface area contributed by atoms with Gasteiger partial charge in [-0.25, -0.2) is 8.42 Å². The van der Waals surface area contributed by atoms with Crippen LogP contribution in [-0.4, -0.2) is 42.9 Å². The Hall–Kier alpha value is -1.47. The van der Waals surface area contributed by atoms with Crippen molar-refractivity contribution in [3.63, 3.8) is 0 Å². The predicted molar refractivity (Wildman–Crippen MR) is 116 cm³/mol. The van der Waals surface area contributed by atoms with Gasteiger partial charge < -0.3 is 9.64 Å². The van der Waals surface area contributed by atoms with Crippen LogP contribution in [0.15, 0.2) is 42.5 Å². The summed E-state index contributed by atoms with van der Waals surface area (Å²) in [5, 5.41) is 1.34. The topological polar surface area (TPSA) is 63.7 Å². The number of hydrogen-bond donors (Lipinski definition) is 0. The van der Waals surface area contributed by atoms with E-state index in [0.29, 0.717) is 27.2 Å². The van der Waals surface area contributed by atoms with Gasteiger partial charge in [-0.3, -0.25) is 4.79 Å². The molecular weight excluding hydrogens is 457 g/mol. The summed E-state index contributed by atoms with van der Waals surface area (Å²) in [6.07, 6.45) is -0.458. The van der Waals surface area contributed by atoms with Crippen molar-refractivity contribution in [2.45, 2.75) is 32.0 Å². The maximum atomic E-state index is 13.2. The molecule has 9 heteroatoms. The van der Waals surface area contributed by atoms with E-state index in [1.807, 2.05) is 12.1 Å². The number of carbonyl (C=O) groups excluding carboxylic acids is 1. The summed E-state index contributed by atoms with van der Waals surface area (Å²) < 4.78 is 29.7. The van der Waals surface area contributed by atoms with Crippen LogP contribution in [0, 0.1) is 0 Å². The van der Waals surface area contributed by atoms with Gasteiger partial charge in [0, 0.05) is 22.6 Å². The molecule has 0 radical (unpaired) electrons. The molecule has 1 amide bonds. The maximum Gasteiger partial charge on any atom is 0.263 e. The quantitative estimate of drug-likeness (QED) is 0.610. The van der Waals surface area contributed by atoms with E-state index in [4.69, 9.17) is 39.5 Å². The van der Waals surface area contributed by atoms with Gasteiger partial charge in [-0.05, 0) is 49.2 Å². The molecule has 2 unspecified atom stereocenters. The largest absolute Gasteiger partial charge is 0.479 e. The van der Waals surface area contributed by atoms with Gasteiger partial charge in [-0.15, -0.1) is 0 Å². The van der Waals surface area contributed by atoms with Crippen LogP contribution in [0.3, 0.4) is 0 Å². The second-order valence-electron chi connectivity index (χ2n) is 6.98. The first-order valence-electron chi connectivity index (χ1n) is 9.02. The molecular formula is C20H20Cl3NO4S. The summed E-state index contributed by atoms with van der Waals surface area (Å²) >= 11 is 18.0. The Balaban J connectivity index is 1.81. The Morgan fingerprint density at radius 1 is 1.14 bits per heavy atom. The van der Waals surface area contributed by atoms with Crippen molar-refractivity contribution in [1.82, 2.24) is 4.90 Å². The predicted octanol–water partition coefficient (Wildman–Crippen LogP) is 4.63. The van der Waals surface area contributed by atoms with Gasteiger partial charge in [0.25, 0.3) is 5.91 Å². The number of sulfone groups is 1. The lowest BCUT2D eigenvalue weighted by atomic mass is 10.1. The number of benzene rings is 2. The van der Waals surface area contributed by atoms with Crippen molar-refractivity contribution in [3.05, 3.63) is 63.1 Å². The molecule has 1 fully saturated rings. The molecule has 156 valence electrons. The molecule has 1 aliphatic heterocycles. The van der Waals surface area contributed by atoms with E-state index < -0.39 is 22.0 Å². The van der Waals surface area contributed by atoms with Crippen LogP contribution < -0.4 is 4.74 Å². The molecule has 2 aromatic carbocycles. The molecule has 1 saturated heterocycles. The fourth-order valence-electron chi connectivity index (χ4n) is 3.24. The molecule has 1 aliphatic rings. The molecule has 0 N–H and O–H groups in total. The molecule has 0 saturated carbocycles. The number of hydrogen-bond acceptors (Lipinski definition) is 4. The molecule has 5 nitrogen and oxygen atoms in total. The van der Waals surface area contributed by atoms with Gasteiger partial charge in [-0.1, -0.05) is 46.9 Å². The van der Waals surface area contributed by atoms with Crippen LogP contribution in [0.2, 0.25) is 15.1 Å². The third-order valence-electron chi connectivity index (χ3n) is 4.74. The zero-order chi connectivity index (χ0) is 21.2. The summed E-state index contributed by atoms with van der Waals surface area (Å²) in [6, 6.07) is 11.4. The lowest BCUT2D eigenvalue weighted by molar-refractivity contribution is -0.140. The normalized spacial score (nSPS) is 19.0. The third kappa shape index (κ3) is 5.79. The van der Waals surface area contributed by atoms with Crippen molar-refractivity contribution in [2.75, 3.05) is 11.5 Å². The molecule has 2 atom stereocenters. The summed E-state index contributed by atoms with van der Waals surface area (Å²) in [4.78, 5) is 14.8. The molecule has 0 bridgehead atoms. The zero-order valence-electron chi connectivity index (χ0n) is 15.6. The zero-order valence-corrected chi connectivity index (χ0v) is 18.7. The molecule has 2 aromatic rings. The molecule has 0 aliphatic carbocycles. The van der Waals surface area contributed by atoms with E-state index >= 15 is 0 Å². The van der Waals surface area contributed by atoms with Crippen LogP contribution in [0.25, 0.3) is 0 Å². The minimum absolute atomic E-state index is 0.0548. The monoisotopic (exact) mass is 475 g/mol. The summed E-state index contributed by atoms with van der Waals surface area (Å²) in [6.45, 7) is 1.88. The highest BCUT2D eigenvalue weighted by Gasteiger charge is 2.36. The standard InChI is InChI=1S/C20H20Cl3NO4S/c1-13(28-19-7-6-16(22)10-18(19)23)20(25)24(17-8-9-29(26,27)12-17)11-14-2-4-15(21)5-3-14/h2-7,10,13,17H,8-9,11-12H2,1H3. The van der Waals surface area contributed by atoms with Crippen LogP contribution in [0.4, 0.5) is 0 Å². The number of amides is 1. The van der Waals surface area contributed by atoms with Gasteiger partial charge in [0.2, 0.25) is 0 Å². The molecule has 29 heavy (non-hydrogen) atoms. The van der Waals surface area contributed by atoms with E-state index in [0.717, 1.165) is 5.56 Å². The average Bonchev–Trinajstić information content (AvgIpc) is 3.02. The number of halogens is 3. The smallest absolute Gasteiger partial charge is 0.263 e. The van der Waals surface area contributed by atoms with Crippen LogP contribution >= 0.6 is 34.8 Å². The minimum Gasteiger partial charge on any atom is -0.479 e. The van der Waals surface area contributed by atoms with Crippen LogP contribution in [0.5, 0.6) is 5.75 Å². The van der Waals surface area contributed by atoms with Gasteiger partial charge in [0.1, 0.15) is 5.75 Å². The Morgan fingerprint density at radius 3 is 2.38 bits per heavy atom. The Morgan fingerprint density at radius 2 is 1.79 bits per heavy atom. The highest BCUT2D eigenvalue weighted by molar-refractivity contribution is 7.91. The Bertz CT molecular complexity index is 995. The average molecular weight is 477 g/mol.